The van der Waals surface area contributed by atoms with Gasteiger partial charge in [-0.3, -0.25) is 4.90 Å². The van der Waals surface area contributed by atoms with Crippen molar-refractivity contribution >= 4 is 12.1 Å². The Kier molecular flexibility index (Phi) is 5.79. The third-order valence-electron chi connectivity index (χ3n) is 4.50. The second-order valence-electron chi connectivity index (χ2n) is 7.76. The van der Waals surface area contributed by atoms with Crippen molar-refractivity contribution in [2.45, 2.75) is 44.7 Å². The zero-order valence-corrected chi connectivity index (χ0v) is 16.9. The van der Waals surface area contributed by atoms with Crippen molar-refractivity contribution in [1.29, 1.82) is 0 Å². The zero-order chi connectivity index (χ0) is 21.2. The van der Waals surface area contributed by atoms with Crippen LogP contribution in [-0.2, 0) is 14.3 Å². The van der Waals surface area contributed by atoms with Gasteiger partial charge in [0.15, 0.2) is 12.3 Å². The maximum absolute atomic E-state index is 13.1. The first-order valence-corrected chi connectivity index (χ1v) is 9.30. The van der Waals surface area contributed by atoms with E-state index in [9.17, 15) is 14.7 Å². The Hall–Kier alpha value is -3.06. The van der Waals surface area contributed by atoms with Crippen molar-refractivity contribution in [3.8, 4) is 5.75 Å². The predicted octanol–water partition coefficient (Wildman–Crippen LogP) is 4.16. The van der Waals surface area contributed by atoms with Gasteiger partial charge in [-0.2, -0.15) is 0 Å². The molecular formula is C22H25NO6. The molecule has 154 valence electrons. The maximum Gasteiger partial charge on any atom is 0.413 e. The van der Waals surface area contributed by atoms with Crippen molar-refractivity contribution in [2.24, 2.45) is 0 Å². The second-order valence-corrected chi connectivity index (χ2v) is 7.76. The molecule has 1 saturated heterocycles. The maximum atomic E-state index is 13.1. The van der Waals surface area contributed by atoms with Crippen LogP contribution in [-0.4, -0.2) is 40.9 Å². The summed E-state index contributed by atoms with van der Waals surface area (Å²) in [6, 6.07) is 15.1. The summed E-state index contributed by atoms with van der Waals surface area (Å²) < 4.78 is 16.7. The largest absolute Gasteiger partial charge is 0.497 e. The zero-order valence-electron chi connectivity index (χ0n) is 16.9. The Morgan fingerprint density at radius 1 is 1.00 bits per heavy atom. The van der Waals surface area contributed by atoms with Gasteiger partial charge in [-0.1, -0.05) is 42.5 Å². The van der Waals surface area contributed by atoms with E-state index in [0.29, 0.717) is 16.9 Å². The Morgan fingerprint density at radius 3 is 2.14 bits per heavy atom. The highest BCUT2D eigenvalue weighted by Gasteiger charge is 2.51. The molecule has 2 unspecified atom stereocenters. The number of aliphatic carboxylic acids is 1. The number of amides is 1. The molecule has 0 aromatic heterocycles. The monoisotopic (exact) mass is 399 g/mol. The van der Waals surface area contributed by atoms with Crippen molar-refractivity contribution in [3.05, 3.63) is 65.7 Å². The lowest BCUT2D eigenvalue weighted by Gasteiger charge is -2.31. The van der Waals surface area contributed by atoms with Crippen molar-refractivity contribution in [3.63, 3.8) is 0 Å². The average molecular weight is 399 g/mol. The summed E-state index contributed by atoms with van der Waals surface area (Å²) in [5, 5.41) is 9.80. The molecule has 1 fully saturated rings. The number of carbonyl (C=O) groups is 2. The molecule has 7 heteroatoms. The van der Waals surface area contributed by atoms with Crippen LogP contribution in [0.1, 0.15) is 44.2 Å². The third-order valence-corrected chi connectivity index (χ3v) is 4.50. The molecular weight excluding hydrogens is 374 g/mol. The number of methoxy groups -OCH3 is 1. The van der Waals surface area contributed by atoms with Crippen LogP contribution in [0.2, 0.25) is 0 Å². The van der Waals surface area contributed by atoms with E-state index in [1.165, 1.54) is 4.90 Å². The number of carboxylic acid groups (broad SMARTS) is 1. The third kappa shape index (κ3) is 4.51. The molecule has 3 atom stereocenters. The lowest BCUT2D eigenvalue weighted by molar-refractivity contribution is -0.150. The topological polar surface area (TPSA) is 85.3 Å². The van der Waals surface area contributed by atoms with Gasteiger partial charge in [0.05, 0.1) is 7.11 Å². The lowest BCUT2D eigenvalue weighted by Crippen LogP contribution is -2.40. The van der Waals surface area contributed by atoms with Crippen LogP contribution in [0, 0.1) is 0 Å². The fraction of sp³-hybridized carbons (Fsp3) is 0.364. The van der Waals surface area contributed by atoms with E-state index in [2.05, 4.69) is 0 Å². The fourth-order valence-electron chi connectivity index (χ4n) is 3.28. The molecule has 29 heavy (non-hydrogen) atoms. The van der Waals surface area contributed by atoms with Crippen LogP contribution in [0.15, 0.2) is 54.6 Å². The van der Waals surface area contributed by atoms with Gasteiger partial charge in [0.1, 0.15) is 17.4 Å². The standard InChI is InChI=1S/C22H25NO6/c1-22(2,3)29-21(26)23-17(14-8-6-5-7-9-14)18(20(24)25)28-19(23)15-10-12-16(27-4)13-11-15/h5-13,17-19H,1-4H3,(H,24,25)/t17-,18?,19?/m0/s1. The molecule has 0 radical (unpaired) electrons. The molecule has 7 nitrogen and oxygen atoms in total. The number of hydrogen-bond donors (Lipinski definition) is 1. The minimum absolute atomic E-state index is 0.626. The van der Waals surface area contributed by atoms with Gasteiger partial charge in [-0.25, -0.2) is 9.59 Å². The SMILES string of the molecule is COc1ccc(C2OC(C(=O)O)[C@H](c3ccccc3)N2C(=O)OC(C)(C)C)cc1. The summed E-state index contributed by atoms with van der Waals surface area (Å²) in [7, 11) is 1.56. The molecule has 1 N–H and O–H groups in total. The van der Waals surface area contributed by atoms with Gasteiger partial charge in [-0.05, 0) is 38.5 Å². The van der Waals surface area contributed by atoms with Gasteiger partial charge in [0, 0.05) is 5.56 Å². The van der Waals surface area contributed by atoms with Crippen LogP contribution < -0.4 is 4.74 Å². The van der Waals surface area contributed by atoms with Crippen molar-refractivity contribution in [2.75, 3.05) is 7.11 Å². The highest BCUT2D eigenvalue weighted by atomic mass is 16.6. The molecule has 0 aliphatic carbocycles. The minimum atomic E-state index is -1.24. The molecule has 0 saturated carbocycles. The number of carboxylic acids is 1. The molecule has 2 aromatic rings. The number of carbonyl (C=O) groups excluding carboxylic acids is 1. The first kappa shape index (κ1) is 20.7. The Morgan fingerprint density at radius 2 is 1.62 bits per heavy atom. The smallest absolute Gasteiger partial charge is 0.413 e. The number of ether oxygens (including phenoxy) is 3. The minimum Gasteiger partial charge on any atom is -0.497 e. The second kappa shape index (κ2) is 8.13. The van der Waals surface area contributed by atoms with E-state index in [1.807, 2.05) is 6.07 Å². The molecule has 0 bridgehead atoms. The normalized spacial score (nSPS) is 21.7. The Bertz CT molecular complexity index is 859. The molecule has 1 aliphatic rings. The van der Waals surface area contributed by atoms with Gasteiger partial charge >= 0.3 is 12.1 Å². The molecule has 1 aliphatic heterocycles. The van der Waals surface area contributed by atoms with Crippen molar-refractivity contribution in [1.82, 2.24) is 4.90 Å². The predicted molar refractivity (Wildman–Crippen MR) is 105 cm³/mol. The summed E-state index contributed by atoms with van der Waals surface area (Å²) in [5.41, 5.74) is 0.535. The van der Waals surface area contributed by atoms with Crippen LogP contribution in [0.4, 0.5) is 4.79 Å². The first-order valence-electron chi connectivity index (χ1n) is 9.30. The number of benzene rings is 2. The van der Waals surface area contributed by atoms with E-state index in [4.69, 9.17) is 14.2 Å². The molecule has 1 amide bonds. The van der Waals surface area contributed by atoms with Crippen LogP contribution in [0.3, 0.4) is 0 Å². The lowest BCUT2D eigenvalue weighted by atomic mass is 10.0. The number of hydrogen-bond acceptors (Lipinski definition) is 5. The van der Waals surface area contributed by atoms with E-state index in [1.54, 1.807) is 76.4 Å². The van der Waals surface area contributed by atoms with Crippen molar-refractivity contribution < 1.29 is 28.9 Å². The van der Waals surface area contributed by atoms with Gasteiger partial charge in [0.2, 0.25) is 0 Å². The molecule has 1 heterocycles. The van der Waals surface area contributed by atoms with Crippen LogP contribution in [0.5, 0.6) is 5.75 Å². The summed E-state index contributed by atoms with van der Waals surface area (Å²) in [5.74, 6) is -0.506. The Labute approximate surface area is 169 Å². The summed E-state index contributed by atoms with van der Waals surface area (Å²) in [6.45, 7) is 5.28. The quantitative estimate of drug-likeness (QED) is 0.831. The van der Waals surface area contributed by atoms with Gasteiger partial charge in [0.25, 0.3) is 0 Å². The van der Waals surface area contributed by atoms with E-state index < -0.39 is 36.0 Å². The van der Waals surface area contributed by atoms with E-state index in [-0.39, 0.29) is 0 Å². The fourth-order valence-corrected chi connectivity index (χ4v) is 3.28. The van der Waals surface area contributed by atoms with Gasteiger partial charge in [-0.15, -0.1) is 0 Å². The average Bonchev–Trinajstić information content (AvgIpc) is 3.08. The molecule has 3 rings (SSSR count). The van der Waals surface area contributed by atoms with Crippen LogP contribution in [0.25, 0.3) is 0 Å². The van der Waals surface area contributed by atoms with E-state index in [0.717, 1.165) is 0 Å². The summed E-state index contributed by atoms with van der Waals surface area (Å²) in [6.07, 6.45) is -2.80. The molecule has 2 aromatic carbocycles. The van der Waals surface area contributed by atoms with Gasteiger partial charge < -0.3 is 19.3 Å². The highest BCUT2D eigenvalue weighted by molar-refractivity contribution is 5.77. The summed E-state index contributed by atoms with van der Waals surface area (Å²) >= 11 is 0. The van der Waals surface area contributed by atoms with Crippen LogP contribution >= 0.6 is 0 Å². The van der Waals surface area contributed by atoms with E-state index >= 15 is 0 Å². The molecule has 0 spiro atoms. The first-order chi connectivity index (χ1) is 13.7. The number of rotatable bonds is 4. The Balaban J connectivity index is 2.07. The number of nitrogens with zero attached hydrogens (tertiary/aromatic N) is 1. The highest BCUT2D eigenvalue weighted by Crippen LogP contribution is 2.44. The summed E-state index contributed by atoms with van der Waals surface area (Å²) in [4.78, 5) is 26.5.